The number of hydrogen-bond donors (Lipinski definition) is 1. The number of benzene rings is 2. The Balaban J connectivity index is 2.25. The van der Waals surface area contributed by atoms with Gasteiger partial charge in [-0.25, -0.2) is 13.2 Å². The number of rotatable bonds is 3. The molecule has 1 atom stereocenters. The van der Waals surface area contributed by atoms with Gasteiger partial charge in [-0.15, -0.1) is 0 Å². The fourth-order valence-electron chi connectivity index (χ4n) is 1.80. The molecule has 1 unspecified atom stereocenters. The largest absolute Gasteiger partial charge is 0.388 e. The highest BCUT2D eigenvalue weighted by molar-refractivity contribution is 9.10. The lowest BCUT2D eigenvalue weighted by Gasteiger charge is -2.13. The molecular formula is C14H10BrF3O. The summed E-state index contributed by atoms with van der Waals surface area (Å²) in [5.41, 5.74) is 0.644. The van der Waals surface area contributed by atoms with E-state index < -0.39 is 23.6 Å². The first-order chi connectivity index (χ1) is 8.97. The van der Waals surface area contributed by atoms with Crippen LogP contribution in [0, 0.1) is 17.5 Å². The van der Waals surface area contributed by atoms with Crippen LogP contribution in [-0.4, -0.2) is 5.11 Å². The molecule has 0 aliphatic rings. The minimum Gasteiger partial charge on any atom is -0.388 e. The van der Waals surface area contributed by atoms with Gasteiger partial charge in [0.25, 0.3) is 0 Å². The van der Waals surface area contributed by atoms with E-state index in [0.717, 1.165) is 18.2 Å². The van der Waals surface area contributed by atoms with Crippen LogP contribution >= 0.6 is 15.9 Å². The van der Waals surface area contributed by atoms with Gasteiger partial charge in [0, 0.05) is 12.5 Å². The molecule has 0 fully saturated rings. The Hall–Kier alpha value is -1.33. The third-order valence-corrected chi connectivity index (χ3v) is 3.60. The Morgan fingerprint density at radius 3 is 2.32 bits per heavy atom. The summed E-state index contributed by atoms with van der Waals surface area (Å²) in [5.74, 6) is -1.96. The first-order valence-electron chi connectivity index (χ1n) is 5.54. The molecule has 19 heavy (non-hydrogen) atoms. The van der Waals surface area contributed by atoms with Crippen LogP contribution in [0.1, 0.15) is 17.2 Å². The van der Waals surface area contributed by atoms with Gasteiger partial charge in [0.1, 0.15) is 17.5 Å². The van der Waals surface area contributed by atoms with E-state index in [0.29, 0.717) is 5.56 Å². The summed E-state index contributed by atoms with van der Waals surface area (Å²) in [6.45, 7) is 0. The summed E-state index contributed by atoms with van der Waals surface area (Å²) >= 11 is 3.08. The maximum atomic E-state index is 13.3. The van der Waals surface area contributed by atoms with E-state index in [1.807, 2.05) is 0 Å². The van der Waals surface area contributed by atoms with Gasteiger partial charge >= 0.3 is 0 Å². The molecule has 0 aliphatic heterocycles. The SMILES string of the molecule is OC(Cc1cccc(F)c1Br)c1cc(F)cc(F)c1. The molecule has 0 spiro atoms. The molecule has 0 saturated carbocycles. The molecule has 1 nitrogen and oxygen atoms in total. The summed E-state index contributed by atoms with van der Waals surface area (Å²) < 4.78 is 39.7. The Labute approximate surface area is 116 Å². The van der Waals surface area contributed by atoms with Gasteiger partial charge in [-0.3, -0.25) is 0 Å². The van der Waals surface area contributed by atoms with Crippen LogP contribution in [0.4, 0.5) is 13.2 Å². The van der Waals surface area contributed by atoms with E-state index in [1.54, 1.807) is 6.07 Å². The monoisotopic (exact) mass is 330 g/mol. The second kappa shape index (κ2) is 5.75. The normalized spacial score (nSPS) is 12.5. The summed E-state index contributed by atoms with van der Waals surface area (Å²) in [7, 11) is 0. The highest BCUT2D eigenvalue weighted by Crippen LogP contribution is 2.26. The minimum absolute atomic E-state index is 0.0568. The highest BCUT2D eigenvalue weighted by Gasteiger charge is 2.14. The van der Waals surface area contributed by atoms with Gasteiger partial charge in [-0.1, -0.05) is 12.1 Å². The first kappa shape index (κ1) is 14.1. The average Bonchev–Trinajstić information content (AvgIpc) is 2.33. The van der Waals surface area contributed by atoms with Gasteiger partial charge in [-0.05, 0) is 45.3 Å². The van der Waals surface area contributed by atoms with E-state index in [4.69, 9.17) is 0 Å². The molecule has 2 aromatic rings. The maximum absolute atomic E-state index is 13.3. The van der Waals surface area contributed by atoms with E-state index in [2.05, 4.69) is 15.9 Å². The molecule has 1 N–H and O–H groups in total. The minimum atomic E-state index is -1.11. The summed E-state index contributed by atoms with van der Waals surface area (Å²) in [6.07, 6.45) is -1.05. The Kier molecular flexibility index (Phi) is 4.27. The standard InChI is InChI=1S/C14H10BrF3O/c15-14-8(2-1-3-12(14)18)6-13(19)9-4-10(16)7-11(17)5-9/h1-5,7,13,19H,6H2. The second-order valence-corrected chi connectivity index (χ2v) is 4.93. The van der Waals surface area contributed by atoms with Crippen molar-refractivity contribution in [1.29, 1.82) is 0 Å². The van der Waals surface area contributed by atoms with Crippen molar-refractivity contribution in [3.8, 4) is 0 Å². The van der Waals surface area contributed by atoms with Crippen molar-refractivity contribution in [2.75, 3.05) is 0 Å². The van der Waals surface area contributed by atoms with Crippen molar-refractivity contribution in [1.82, 2.24) is 0 Å². The predicted molar refractivity (Wildman–Crippen MR) is 69.1 cm³/mol. The zero-order chi connectivity index (χ0) is 14.0. The zero-order valence-corrected chi connectivity index (χ0v) is 11.3. The molecule has 0 aliphatic carbocycles. The Morgan fingerprint density at radius 2 is 1.68 bits per heavy atom. The number of aliphatic hydroxyl groups is 1. The van der Waals surface area contributed by atoms with Crippen molar-refractivity contribution >= 4 is 15.9 Å². The molecule has 0 amide bonds. The van der Waals surface area contributed by atoms with Gasteiger partial charge in [0.2, 0.25) is 0 Å². The van der Waals surface area contributed by atoms with Crippen LogP contribution in [0.5, 0.6) is 0 Å². The molecule has 2 aromatic carbocycles. The van der Waals surface area contributed by atoms with Crippen LogP contribution < -0.4 is 0 Å². The fraction of sp³-hybridized carbons (Fsp3) is 0.143. The Morgan fingerprint density at radius 1 is 1.05 bits per heavy atom. The molecule has 0 aromatic heterocycles. The average molecular weight is 331 g/mol. The highest BCUT2D eigenvalue weighted by atomic mass is 79.9. The topological polar surface area (TPSA) is 20.2 Å². The molecule has 0 radical (unpaired) electrons. The summed E-state index contributed by atoms with van der Waals surface area (Å²) in [6, 6.07) is 7.26. The molecular weight excluding hydrogens is 321 g/mol. The van der Waals surface area contributed by atoms with Crippen molar-refractivity contribution < 1.29 is 18.3 Å². The Bertz CT molecular complexity index is 581. The van der Waals surface area contributed by atoms with E-state index >= 15 is 0 Å². The lowest BCUT2D eigenvalue weighted by molar-refractivity contribution is 0.177. The van der Waals surface area contributed by atoms with E-state index in [-0.39, 0.29) is 16.5 Å². The summed E-state index contributed by atoms with van der Waals surface area (Å²) in [4.78, 5) is 0. The van der Waals surface area contributed by atoms with Gasteiger partial charge in [-0.2, -0.15) is 0 Å². The summed E-state index contributed by atoms with van der Waals surface area (Å²) in [5, 5.41) is 9.96. The molecule has 0 bridgehead atoms. The van der Waals surface area contributed by atoms with Gasteiger partial charge < -0.3 is 5.11 Å². The lowest BCUT2D eigenvalue weighted by atomic mass is 10.0. The first-order valence-corrected chi connectivity index (χ1v) is 6.33. The van der Waals surface area contributed by atoms with Gasteiger partial charge in [0.05, 0.1) is 10.6 Å². The van der Waals surface area contributed by atoms with Gasteiger partial charge in [0.15, 0.2) is 0 Å². The quantitative estimate of drug-likeness (QED) is 0.896. The van der Waals surface area contributed by atoms with Crippen LogP contribution in [0.3, 0.4) is 0 Å². The van der Waals surface area contributed by atoms with Crippen molar-refractivity contribution in [2.24, 2.45) is 0 Å². The molecule has 0 saturated heterocycles. The smallest absolute Gasteiger partial charge is 0.137 e. The lowest BCUT2D eigenvalue weighted by Crippen LogP contribution is -2.04. The van der Waals surface area contributed by atoms with Crippen molar-refractivity contribution in [3.63, 3.8) is 0 Å². The number of halogens is 4. The fourth-order valence-corrected chi connectivity index (χ4v) is 2.23. The number of aliphatic hydroxyl groups excluding tert-OH is 1. The number of hydrogen-bond acceptors (Lipinski definition) is 1. The van der Waals surface area contributed by atoms with Crippen molar-refractivity contribution in [3.05, 3.63) is 69.4 Å². The molecule has 2 rings (SSSR count). The molecule has 5 heteroatoms. The molecule has 100 valence electrons. The zero-order valence-electron chi connectivity index (χ0n) is 9.71. The van der Waals surface area contributed by atoms with Crippen LogP contribution in [0.25, 0.3) is 0 Å². The van der Waals surface area contributed by atoms with Crippen molar-refractivity contribution in [2.45, 2.75) is 12.5 Å². The maximum Gasteiger partial charge on any atom is 0.137 e. The third kappa shape index (κ3) is 3.36. The van der Waals surface area contributed by atoms with Crippen LogP contribution in [-0.2, 0) is 6.42 Å². The second-order valence-electron chi connectivity index (χ2n) is 4.14. The van der Waals surface area contributed by atoms with E-state index in [9.17, 15) is 18.3 Å². The van der Waals surface area contributed by atoms with E-state index in [1.165, 1.54) is 12.1 Å². The third-order valence-electron chi connectivity index (χ3n) is 2.71. The van der Waals surface area contributed by atoms with Crippen LogP contribution in [0.15, 0.2) is 40.9 Å². The molecule has 0 heterocycles. The predicted octanol–water partition coefficient (Wildman–Crippen LogP) is 4.14. The van der Waals surface area contributed by atoms with Crippen LogP contribution in [0.2, 0.25) is 0 Å².